The quantitative estimate of drug-likeness (QED) is 0.635. The Morgan fingerprint density at radius 3 is 2.47 bits per heavy atom. The second-order valence-electron chi connectivity index (χ2n) is 6.58. The van der Waals surface area contributed by atoms with Crippen LogP contribution in [-0.2, 0) is 16.1 Å². The summed E-state index contributed by atoms with van der Waals surface area (Å²) in [5.74, 6) is -0.363. The minimum absolute atomic E-state index is 0.147. The van der Waals surface area contributed by atoms with Crippen LogP contribution in [0.5, 0.6) is 5.75 Å². The smallest absolute Gasteiger partial charge is 0.254 e. The highest BCUT2D eigenvalue weighted by Gasteiger charge is 2.24. The molecule has 6 heteroatoms. The van der Waals surface area contributed by atoms with Crippen molar-refractivity contribution in [2.45, 2.75) is 12.6 Å². The van der Waals surface area contributed by atoms with Gasteiger partial charge in [-0.3, -0.25) is 4.79 Å². The topological polar surface area (TPSA) is 71.3 Å². The lowest BCUT2D eigenvalue weighted by atomic mass is 10.00. The summed E-state index contributed by atoms with van der Waals surface area (Å²) in [6.45, 7) is 0.241. The third-order valence-electron chi connectivity index (χ3n) is 4.72. The largest absolute Gasteiger partial charge is 0.496 e. The molecule has 3 aromatic carbocycles. The average molecular weight is 404 g/mol. The van der Waals surface area contributed by atoms with Crippen molar-refractivity contribution < 1.29 is 18.7 Å². The molecule has 0 aliphatic carbocycles. The molecule has 30 heavy (non-hydrogen) atoms. The van der Waals surface area contributed by atoms with E-state index >= 15 is 0 Å². The van der Waals surface area contributed by atoms with Crippen molar-refractivity contribution in [3.8, 4) is 22.9 Å². The number of nitrogens with one attached hydrogen (secondary N) is 1. The number of nitrogens with zero attached hydrogens (tertiary/aromatic N) is 1. The van der Waals surface area contributed by atoms with Crippen LogP contribution in [0.15, 0.2) is 66.7 Å². The molecule has 0 aliphatic heterocycles. The summed E-state index contributed by atoms with van der Waals surface area (Å²) in [6, 6.07) is 20.9. The van der Waals surface area contributed by atoms with E-state index in [9.17, 15) is 9.18 Å². The normalized spacial score (nSPS) is 11.4. The summed E-state index contributed by atoms with van der Waals surface area (Å²) in [5.41, 5.74) is 2.90. The van der Waals surface area contributed by atoms with Gasteiger partial charge in [-0.05, 0) is 35.4 Å². The van der Waals surface area contributed by atoms with Gasteiger partial charge in [0.05, 0.1) is 18.7 Å². The predicted molar refractivity (Wildman–Crippen MR) is 111 cm³/mol. The van der Waals surface area contributed by atoms with Crippen molar-refractivity contribution in [3.63, 3.8) is 0 Å². The maximum absolute atomic E-state index is 14.9. The molecule has 0 fully saturated rings. The SMILES string of the molecule is COc1ccccc1-c1ccc(C(OC)C(=O)NCc2ccc(C#N)cc2)c(F)c1. The molecular weight excluding hydrogens is 383 g/mol. The summed E-state index contributed by atoms with van der Waals surface area (Å²) in [5, 5.41) is 11.6. The van der Waals surface area contributed by atoms with E-state index in [1.54, 1.807) is 49.6 Å². The fraction of sp³-hybridized carbons (Fsp3) is 0.167. The van der Waals surface area contributed by atoms with E-state index in [1.807, 2.05) is 24.3 Å². The van der Waals surface area contributed by atoms with Gasteiger partial charge in [0.2, 0.25) is 0 Å². The second-order valence-corrected chi connectivity index (χ2v) is 6.58. The number of nitriles is 1. The Morgan fingerprint density at radius 2 is 1.83 bits per heavy atom. The van der Waals surface area contributed by atoms with Crippen molar-refractivity contribution >= 4 is 5.91 Å². The summed E-state index contributed by atoms with van der Waals surface area (Å²) >= 11 is 0. The molecule has 0 saturated carbocycles. The van der Waals surface area contributed by atoms with Crippen molar-refractivity contribution in [2.24, 2.45) is 0 Å². The van der Waals surface area contributed by atoms with E-state index in [-0.39, 0.29) is 12.1 Å². The summed E-state index contributed by atoms with van der Waals surface area (Å²) in [4.78, 5) is 12.6. The molecule has 1 atom stereocenters. The van der Waals surface area contributed by atoms with Gasteiger partial charge in [0.15, 0.2) is 6.10 Å². The summed E-state index contributed by atoms with van der Waals surface area (Å²) in [7, 11) is 2.92. The number of amides is 1. The summed E-state index contributed by atoms with van der Waals surface area (Å²) < 4.78 is 25.5. The third kappa shape index (κ3) is 4.65. The number of halogens is 1. The number of rotatable bonds is 7. The third-order valence-corrected chi connectivity index (χ3v) is 4.72. The van der Waals surface area contributed by atoms with E-state index in [2.05, 4.69) is 5.32 Å². The lowest BCUT2D eigenvalue weighted by Crippen LogP contribution is -2.30. The van der Waals surface area contributed by atoms with E-state index in [4.69, 9.17) is 14.7 Å². The first-order valence-electron chi connectivity index (χ1n) is 9.29. The molecule has 3 aromatic rings. The van der Waals surface area contributed by atoms with Crippen molar-refractivity contribution in [1.82, 2.24) is 5.32 Å². The highest BCUT2D eigenvalue weighted by Crippen LogP contribution is 2.32. The van der Waals surface area contributed by atoms with Crippen LogP contribution >= 0.6 is 0 Å². The first-order chi connectivity index (χ1) is 14.6. The van der Waals surface area contributed by atoms with Crippen LogP contribution in [0.4, 0.5) is 4.39 Å². The van der Waals surface area contributed by atoms with Crippen LogP contribution < -0.4 is 10.1 Å². The van der Waals surface area contributed by atoms with Gasteiger partial charge in [-0.1, -0.05) is 42.5 Å². The van der Waals surface area contributed by atoms with Gasteiger partial charge in [0.25, 0.3) is 5.91 Å². The Bertz CT molecular complexity index is 1070. The molecule has 1 unspecified atom stereocenters. The van der Waals surface area contributed by atoms with Gasteiger partial charge in [0, 0.05) is 24.8 Å². The van der Waals surface area contributed by atoms with Gasteiger partial charge in [0.1, 0.15) is 11.6 Å². The number of methoxy groups -OCH3 is 2. The maximum Gasteiger partial charge on any atom is 0.254 e. The monoisotopic (exact) mass is 404 g/mol. The molecular formula is C24H21FN2O3. The number of para-hydroxylation sites is 1. The lowest BCUT2D eigenvalue weighted by molar-refractivity contribution is -0.131. The molecule has 0 spiro atoms. The minimum atomic E-state index is -1.09. The zero-order chi connectivity index (χ0) is 21.5. The number of carbonyl (C=O) groups is 1. The second kappa shape index (κ2) is 9.68. The van der Waals surface area contributed by atoms with Gasteiger partial charge in [-0.15, -0.1) is 0 Å². The zero-order valence-electron chi connectivity index (χ0n) is 16.7. The number of ether oxygens (including phenoxy) is 2. The Labute approximate surface area is 174 Å². The standard InChI is InChI=1S/C24H21FN2O3/c1-29-22-6-4-3-5-19(22)18-11-12-20(21(25)13-18)23(30-2)24(28)27-15-17-9-7-16(14-26)8-10-17/h3-13,23H,15H2,1-2H3,(H,27,28). The first-order valence-corrected chi connectivity index (χ1v) is 9.29. The molecule has 1 amide bonds. The minimum Gasteiger partial charge on any atom is -0.496 e. The van der Waals surface area contributed by atoms with Gasteiger partial charge in [-0.25, -0.2) is 4.39 Å². The molecule has 0 radical (unpaired) electrons. The summed E-state index contributed by atoms with van der Waals surface area (Å²) in [6.07, 6.45) is -1.09. The predicted octanol–water partition coefficient (Wildman–Crippen LogP) is 4.38. The first kappa shape index (κ1) is 21.0. The van der Waals surface area contributed by atoms with Crippen molar-refractivity contribution in [3.05, 3.63) is 89.2 Å². The van der Waals surface area contributed by atoms with E-state index in [0.717, 1.165) is 11.1 Å². The Hall–Kier alpha value is -3.69. The number of carbonyl (C=O) groups excluding carboxylic acids is 1. The zero-order valence-corrected chi connectivity index (χ0v) is 16.7. The molecule has 0 aliphatic rings. The van der Waals surface area contributed by atoms with Crippen LogP contribution in [0.25, 0.3) is 11.1 Å². The van der Waals surface area contributed by atoms with Crippen LogP contribution in [0.2, 0.25) is 0 Å². The lowest BCUT2D eigenvalue weighted by Gasteiger charge is -2.17. The Balaban J connectivity index is 1.77. The van der Waals surface area contributed by atoms with Crippen LogP contribution in [-0.4, -0.2) is 20.1 Å². The highest BCUT2D eigenvalue weighted by atomic mass is 19.1. The van der Waals surface area contributed by atoms with E-state index in [1.165, 1.54) is 13.2 Å². The molecule has 5 nitrogen and oxygen atoms in total. The Morgan fingerprint density at radius 1 is 1.10 bits per heavy atom. The van der Waals surface area contributed by atoms with Gasteiger partial charge in [-0.2, -0.15) is 5.26 Å². The van der Waals surface area contributed by atoms with Crippen LogP contribution in [0.3, 0.4) is 0 Å². The molecule has 0 bridgehead atoms. The highest BCUT2D eigenvalue weighted by molar-refractivity contribution is 5.82. The van der Waals surface area contributed by atoms with Gasteiger partial charge >= 0.3 is 0 Å². The number of hydrogen-bond donors (Lipinski definition) is 1. The molecule has 0 saturated heterocycles. The Kier molecular flexibility index (Phi) is 6.79. The molecule has 1 N–H and O–H groups in total. The van der Waals surface area contributed by atoms with Crippen molar-refractivity contribution in [2.75, 3.05) is 14.2 Å². The van der Waals surface area contributed by atoms with Crippen LogP contribution in [0.1, 0.15) is 22.8 Å². The average Bonchev–Trinajstić information content (AvgIpc) is 2.79. The molecule has 3 rings (SSSR count). The van der Waals surface area contributed by atoms with Crippen molar-refractivity contribution in [1.29, 1.82) is 5.26 Å². The molecule has 152 valence electrons. The molecule has 0 heterocycles. The fourth-order valence-electron chi connectivity index (χ4n) is 3.14. The van der Waals surface area contributed by atoms with E-state index < -0.39 is 17.8 Å². The van der Waals surface area contributed by atoms with E-state index in [0.29, 0.717) is 16.9 Å². The number of benzene rings is 3. The fourth-order valence-corrected chi connectivity index (χ4v) is 3.14. The number of hydrogen-bond acceptors (Lipinski definition) is 4. The van der Waals surface area contributed by atoms with Crippen LogP contribution in [0, 0.1) is 17.1 Å². The molecule has 0 aromatic heterocycles. The maximum atomic E-state index is 14.9. The van der Waals surface area contributed by atoms with Gasteiger partial charge < -0.3 is 14.8 Å².